The van der Waals surface area contributed by atoms with Crippen LogP contribution in [0.2, 0.25) is 0 Å². The minimum Gasteiger partial charge on any atom is -0.494 e. The van der Waals surface area contributed by atoms with Crippen molar-refractivity contribution in [2.75, 3.05) is 19.7 Å². The summed E-state index contributed by atoms with van der Waals surface area (Å²) < 4.78 is 5.91. The van der Waals surface area contributed by atoms with Crippen LogP contribution in [0.5, 0.6) is 5.75 Å². The predicted octanol–water partition coefficient (Wildman–Crippen LogP) is 6.41. The molecule has 1 aliphatic heterocycles. The molecule has 1 aliphatic rings. The average Bonchev–Trinajstić information content (AvgIpc) is 2.76. The van der Waals surface area contributed by atoms with Crippen molar-refractivity contribution in [2.24, 2.45) is 16.8 Å². The Bertz CT molecular complexity index is 885. The van der Waals surface area contributed by atoms with Crippen LogP contribution in [0.1, 0.15) is 44.7 Å². The Morgan fingerprint density at radius 1 is 1.15 bits per heavy atom. The molecule has 1 heterocycles. The number of aryl methyl sites for hydroxylation is 1. The van der Waals surface area contributed by atoms with Gasteiger partial charge in [-0.25, -0.2) is 0 Å². The molecule has 0 spiro atoms. The molecule has 0 atom stereocenters. The number of ether oxygens (including phenoxy) is 1. The van der Waals surface area contributed by atoms with E-state index in [1.807, 2.05) is 18.2 Å². The molecule has 0 aromatic heterocycles. The Labute approximate surface area is 224 Å². The molecule has 0 bridgehead atoms. The summed E-state index contributed by atoms with van der Waals surface area (Å²) in [6.07, 6.45) is 8.37. The number of allylic oxidation sites excluding steroid dienone is 1. The fourth-order valence-electron chi connectivity index (χ4n) is 3.54. The van der Waals surface area contributed by atoms with Gasteiger partial charge in [-0.15, -0.1) is 6.08 Å². The predicted molar refractivity (Wildman–Crippen MR) is 136 cm³/mol. The third kappa shape index (κ3) is 9.14. The third-order valence-electron chi connectivity index (χ3n) is 5.41. The van der Waals surface area contributed by atoms with Gasteiger partial charge >= 0.3 is 31.1 Å². The van der Waals surface area contributed by atoms with Crippen molar-refractivity contribution >= 4 is 17.7 Å². The van der Waals surface area contributed by atoms with E-state index in [4.69, 9.17) is 10.1 Å². The van der Waals surface area contributed by atoms with Gasteiger partial charge in [0.15, 0.2) is 0 Å². The third-order valence-corrected chi connectivity index (χ3v) is 5.41. The fourth-order valence-corrected chi connectivity index (χ4v) is 3.54. The van der Waals surface area contributed by atoms with Crippen molar-refractivity contribution in [3.8, 4) is 5.75 Å². The zero-order valence-corrected chi connectivity index (χ0v) is 24.6. The summed E-state index contributed by atoms with van der Waals surface area (Å²) in [5, 5.41) is 8.08. The van der Waals surface area contributed by atoms with E-state index in [2.05, 4.69) is 79.4 Å². The Balaban J connectivity index is 0.00000272. The smallest absolute Gasteiger partial charge is 0.494 e. The number of likely N-dealkylation sites (tertiary alicyclic amines) is 1. The summed E-state index contributed by atoms with van der Waals surface area (Å²) in [4.78, 5) is 6.76. The van der Waals surface area contributed by atoms with E-state index in [9.17, 15) is 0 Å². The van der Waals surface area contributed by atoms with Crippen molar-refractivity contribution in [1.29, 1.82) is 5.41 Å². The Morgan fingerprint density at radius 2 is 1.82 bits per heavy atom. The number of nitrogens with one attached hydrogen (secondary N) is 1. The number of nitrogens with zero attached hydrogens (tertiary/aromatic N) is 2. The SMILES string of the molecule is CC/C=C(/N=[C-]C1CN(C(=N)C(C)C)C1)c1ccc(OCCCc2ccccc2)cc1.[CH3-].[U+2]. The van der Waals surface area contributed by atoms with Crippen LogP contribution in [0.25, 0.3) is 5.70 Å². The van der Waals surface area contributed by atoms with Gasteiger partial charge in [-0.2, -0.15) is 6.21 Å². The zero-order valence-electron chi connectivity index (χ0n) is 20.5. The fraction of sp³-hybridized carbons (Fsp3) is 0.393. The quantitative estimate of drug-likeness (QED) is 0.138. The van der Waals surface area contributed by atoms with Crippen LogP contribution in [-0.4, -0.2) is 36.6 Å². The molecular formula is C28H37N3OU. The first-order valence-electron chi connectivity index (χ1n) is 11.3. The topological polar surface area (TPSA) is 48.7 Å². The number of rotatable bonds is 10. The van der Waals surface area contributed by atoms with Crippen LogP contribution in [0.4, 0.5) is 0 Å². The van der Waals surface area contributed by atoms with E-state index < -0.39 is 0 Å². The Hall–Kier alpha value is -1.83. The van der Waals surface area contributed by atoms with Gasteiger partial charge < -0.3 is 22.1 Å². The van der Waals surface area contributed by atoms with Crippen molar-refractivity contribution in [2.45, 2.75) is 40.0 Å². The maximum atomic E-state index is 8.08. The minimum atomic E-state index is 0. The molecule has 0 radical (unpaired) electrons. The van der Waals surface area contributed by atoms with Crippen LogP contribution in [0.15, 0.2) is 65.7 Å². The van der Waals surface area contributed by atoms with Gasteiger partial charge in [0.1, 0.15) is 5.75 Å². The first-order valence-corrected chi connectivity index (χ1v) is 11.3. The van der Waals surface area contributed by atoms with Crippen LogP contribution in [0, 0.1) is 55.8 Å². The van der Waals surface area contributed by atoms with Gasteiger partial charge in [0.05, 0.1) is 12.4 Å². The van der Waals surface area contributed by atoms with Gasteiger partial charge in [-0.05, 0) is 36.5 Å². The molecule has 2 aromatic rings. The second-order valence-corrected chi connectivity index (χ2v) is 8.34. The summed E-state index contributed by atoms with van der Waals surface area (Å²) in [7, 11) is 0. The van der Waals surface area contributed by atoms with Crippen LogP contribution >= 0.6 is 0 Å². The second kappa shape index (κ2) is 15.1. The van der Waals surface area contributed by atoms with Crippen molar-refractivity contribution in [1.82, 2.24) is 4.90 Å². The van der Waals surface area contributed by atoms with Crippen LogP contribution < -0.4 is 4.74 Å². The Kier molecular flexibility index (Phi) is 13.4. The number of hydrogen-bond donors (Lipinski definition) is 1. The maximum Gasteiger partial charge on any atom is 2.00 e. The maximum absolute atomic E-state index is 8.08. The van der Waals surface area contributed by atoms with Crippen LogP contribution in [-0.2, 0) is 6.42 Å². The van der Waals surface area contributed by atoms with E-state index in [1.165, 1.54) is 5.56 Å². The average molecular weight is 670 g/mol. The number of benzene rings is 2. The molecule has 174 valence electrons. The Morgan fingerprint density at radius 3 is 2.42 bits per heavy atom. The van der Waals surface area contributed by atoms with Crippen molar-refractivity contribution < 1.29 is 35.9 Å². The van der Waals surface area contributed by atoms with Crippen LogP contribution in [0.3, 0.4) is 0 Å². The molecule has 0 aliphatic carbocycles. The number of amidine groups is 1. The largest absolute Gasteiger partial charge is 2.00 e. The summed E-state index contributed by atoms with van der Waals surface area (Å²) in [5.41, 5.74) is 3.38. The van der Waals surface area contributed by atoms with Gasteiger partial charge in [0, 0.05) is 19.0 Å². The molecule has 0 amide bonds. The van der Waals surface area contributed by atoms with Gasteiger partial charge in [-0.3, -0.25) is 5.41 Å². The van der Waals surface area contributed by atoms with E-state index in [0.29, 0.717) is 18.4 Å². The molecule has 0 unspecified atom stereocenters. The standard InChI is InChI=1S/C27H34N3O.CH3.U/c1-4-9-26(29-18-23-19-30(20-23)27(28)21(2)3)24-13-15-25(16-14-24)31-17-8-12-22-10-6-5-7-11-22;;/h5-7,9-11,13-16,21,23,28H,4,8,12,17,19-20H2,1-3H3;1H3;/q2*-1;+2/b26-9+,28-27?;;. The van der Waals surface area contributed by atoms with E-state index in [-0.39, 0.29) is 44.5 Å². The van der Waals surface area contributed by atoms with E-state index >= 15 is 0 Å². The summed E-state index contributed by atoms with van der Waals surface area (Å²) in [6.45, 7) is 8.64. The van der Waals surface area contributed by atoms with Crippen molar-refractivity contribution in [3.63, 3.8) is 0 Å². The molecule has 2 aromatic carbocycles. The van der Waals surface area contributed by atoms with Gasteiger partial charge in [-0.1, -0.05) is 80.9 Å². The normalized spacial score (nSPS) is 13.9. The summed E-state index contributed by atoms with van der Waals surface area (Å²) in [5.74, 6) is 2.17. The molecule has 1 N–H and O–H groups in total. The molecular weight excluding hydrogens is 632 g/mol. The minimum absolute atomic E-state index is 0. The first kappa shape index (κ1) is 29.2. The summed E-state index contributed by atoms with van der Waals surface area (Å²) >= 11 is 0. The molecule has 3 rings (SSSR count). The first-order chi connectivity index (χ1) is 15.1. The molecule has 1 fully saturated rings. The molecule has 4 nitrogen and oxygen atoms in total. The zero-order chi connectivity index (χ0) is 22.1. The molecule has 0 saturated carbocycles. The monoisotopic (exact) mass is 669 g/mol. The number of hydrogen-bond acceptors (Lipinski definition) is 3. The molecule has 5 heteroatoms. The second-order valence-electron chi connectivity index (χ2n) is 8.34. The van der Waals surface area contributed by atoms with Gasteiger partial charge in [0.25, 0.3) is 0 Å². The van der Waals surface area contributed by atoms with Crippen molar-refractivity contribution in [3.05, 3.63) is 79.2 Å². The van der Waals surface area contributed by atoms with E-state index in [0.717, 1.165) is 49.4 Å². The van der Waals surface area contributed by atoms with E-state index in [1.54, 1.807) is 0 Å². The van der Waals surface area contributed by atoms with Gasteiger partial charge in [0.2, 0.25) is 0 Å². The molecule has 1 saturated heterocycles. The number of aliphatic imine (C=N–C) groups is 1. The summed E-state index contributed by atoms with van der Waals surface area (Å²) in [6, 6.07) is 18.7. The molecule has 33 heavy (non-hydrogen) atoms.